The van der Waals surface area contributed by atoms with Gasteiger partial charge in [0.15, 0.2) is 0 Å². The van der Waals surface area contributed by atoms with E-state index in [4.69, 9.17) is 16.4 Å². The summed E-state index contributed by atoms with van der Waals surface area (Å²) in [5, 5.41) is 1.25. The number of hydrogen-bond donors (Lipinski definition) is 3. The first-order chi connectivity index (χ1) is 9.07. The largest absolute Gasteiger partial charge is 0.375 e. The van der Waals surface area contributed by atoms with Crippen molar-refractivity contribution in [2.45, 2.75) is 56.1 Å². The molecule has 2 aliphatic rings. The van der Waals surface area contributed by atoms with Gasteiger partial charge in [0.05, 0.1) is 11.1 Å². The van der Waals surface area contributed by atoms with Crippen LogP contribution in [0.2, 0.25) is 0 Å². The van der Waals surface area contributed by atoms with Crippen molar-refractivity contribution in [3.63, 3.8) is 0 Å². The Labute approximate surface area is 114 Å². The number of carbonyl (C=O) groups is 1. The van der Waals surface area contributed by atoms with E-state index in [1.807, 2.05) is 6.08 Å². The molecule has 19 heavy (non-hydrogen) atoms. The molecule has 0 radical (unpaired) electrons. The highest BCUT2D eigenvalue weighted by Crippen LogP contribution is 2.46. The number of rotatable bonds is 3. The summed E-state index contributed by atoms with van der Waals surface area (Å²) in [5.74, 6) is 11.2. The van der Waals surface area contributed by atoms with E-state index in [9.17, 15) is 4.79 Å². The summed E-state index contributed by atoms with van der Waals surface area (Å²) >= 11 is 0. The summed E-state index contributed by atoms with van der Waals surface area (Å²) in [6.07, 6.45) is 8.39. The summed E-state index contributed by atoms with van der Waals surface area (Å²) in [5.41, 5.74) is 1.56. The Morgan fingerprint density at radius 2 is 2.11 bits per heavy atom. The Hall–Kier alpha value is -1.11. The van der Waals surface area contributed by atoms with E-state index in [-0.39, 0.29) is 5.60 Å². The minimum absolute atomic E-state index is 0.117. The van der Waals surface area contributed by atoms with Gasteiger partial charge in [-0.25, -0.2) is 16.5 Å². The average Bonchev–Trinajstić information content (AvgIpc) is 2.85. The second-order valence-electron chi connectivity index (χ2n) is 5.70. The van der Waals surface area contributed by atoms with E-state index in [0.29, 0.717) is 19.4 Å². The first kappa shape index (κ1) is 14.3. The fourth-order valence-electron chi connectivity index (χ4n) is 3.57. The van der Waals surface area contributed by atoms with E-state index in [1.165, 1.54) is 17.9 Å². The normalized spacial score (nSPS) is 29.2. The predicted octanol–water partition coefficient (Wildman–Crippen LogP) is 1.18. The quantitative estimate of drug-likeness (QED) is 0.310. The molecule has 0 aromatic carbocycles. The topological polar surface area (TPSA) is 93.6 Å². The van der Waals surface area contributed by atoms with Gasteiger partial charge in [-0.3, -0.25) is 10.4 Å². The monoisotopic (exact) mass is 268 g/mol. The minimum Gasteiger partial charge on any atom is -0.375 e. The van der Waals surface area contributed by atoms with Crippen LogP contribution < -0.4 is 17.1 Å². The molecule has 0 bridgehead atoms. The molecule has 1 aliphatic heterocycles. The molecule has 1 atom stereocenters. The molecule has 0 aromatic heterocycles. The van der Waals surface area contributed by atoms with E-state index in [0.717, 1.165) is 19.3 Å². The summed E-state index contributed by atoms with van der Waals surface area (Å²) in [6, 6.07) is -0.461. The van der Waals surface area contributed by atoms with Gasteiger partial charge < -0.3 is 4.74 Å². The van der Waals surface area contributed by atoms with Gasteiger partial charge in [-0.15, -0.1) is 6.58 Å². The van der Waals surface area contributed by atoms with E-state index < -0.39 is 11.6 Å². The number of amides is 2. The van der Waals surface area contributed by atoms with E-state index in [2.05, 4.69) is 12.0 Å². The molecule has 1 unspecified atom stereocenters. The molecule has 6 nitrogen and oxygen atoms in total. The van der Waals surface area contributed by atoms with Gasteiger partial charge >= 0.3 is 6.03 Å². The third-order valence-electron chi connectivity index (χ3n) is 4.52. The molecular weight excluding hydrogens is 244 g/mol. The first-order valence-electron chi connectivity index (χ1n) is 6.88. The van der Waals surface area contributed by atoms with Crippen molar-refractivity contribution in [3.05, 3.63) is 12.7 Å². The Balaban J connectivity index is 2.22. The lowest BCUT2D eigenvalue weighted by molar-refractivity contribution is -0.127. The van der Waals surface area contributed by atoms with Crippen LogP contribution in [0.3, 0.4) is 0 Å². The second kappa shape index (κ2) is 5.48. The molecule has 2 rings (SSSR count). The molecule has 1 heterocycles. The molecule has 2 fully saturated rings. The fraction of sp³-hybridized carbons (Fsp3) is 0.769. The van der Waals surface area contributed by atoms with Crippen molar-refractivity contribution in [3.8, 4) is 0 Å². The van der Waals surface area contributed by atoms with Gasteiger partial charge in [0, 0.05) is 13.0 Å². The van der Waals surface area contributed by atoms with Crippen molar-refractivity contribution in [2.75, 3.05) is 6.61 Å². The van der Waals surface area contributed by atoms with Gasteiger partial charge in [0.25, 0.3) is 0 Å². The Morgan fingerprint density at radius 3 is 2.68 bits per heavy atom. The van der Waals surface area contributed by atoms with Crippen molar-refractivity contribution >= 4 is 6.03 Å². The van der Waals surface area contributed by atoms with Crippen LogP contribution in [0.1, 0.15) is 44.9 Å². The highest BCUT2D eigenvalue weighted by molar-refractivity contribution is 5.73. The zero-order valence-corrected chi connectivity index (χ0v) is 11.4. The summed E-state index contributed by atoms with van der Waals surface area (Å²) in [4.78, 5) is 11.8. The number of nitrogens with zero attached hydrogens (tertiary/aromatic N) is 1. The highest BCUT2D eigenvalue weighted by atomic mass is 16.5. The van der Waals surface area contributed by atoms with E-state index in [1.54, 1.807) is 0 Å². The number of nitrogens with two attached hydrogens (primary N) is 2. The van der Waals surface area contributed by atoms with Gasteiger partial charge in [-0.05, 0) is 25.7 Å². The predicted molar refractivity (Wildman–Crippen MR) is 72.7 cm³/mol. The minimum atomic E-state index is -0.461. The number of hydrazine groups is 2. The molecule has 1 spiro atoms. The Morgan fingerprint density at radius 1 is 1.42 bits per heavy atom. The molecule has 1 saturated carbocycles. The van der Waals surface area contributed by atoms with Crippen LogP contribution in [0.5, 0.6) is 0 Å². The van der Waals surface area contributed by atoms with Gasteiger partial charge in [-0.2, -0.15) is 0 Å². The maximum Gasteiger partial charge on any atom is 0.346 e. The third-order valence-corrected chi connectivity index (χ3v) is 4.52. The third kappa shape index (κ3) is 2.61. The van der Waals surface area contributed by atoms with Crippen LogP contribution in [0.15, 0.2) is 12.7 Å². The van der Waals surface area contributed by atoms with Crippen molar-refractivity contribution in [2.24, 2.45) is 11.7 Å². The lowest BCUT2D eigenvalue weighted by atomic mass is 9.76. The molecule has 0 aromatic rings. The van der Waals surface area contributed by atoms with Gasteiger partial charge in [0.1, 0.15) is 0 Å². The van der Waals surface area contributed by atoms with Crippen LogP contribution in [-0.2, 0) is 4.74 Å². The molecule has 5 N–H and O–H groups in total. The lowest BCUT2D eigenvalue weighted by Gasteiger charge is -2.49. The van der Waals surface area contributed by atoms with Crippen molar-refractivity contribution in [1.82, 2.24) is 10.4 Å². The molecule has 6 heteroatoms. The maximum absolute atomic E-state index is 11.8. The van der Waals surface area contributed by atoms with Crippen LogP contribution in [0.25, 0.3) is 0 Å². The molecular formula is C13H24N4O2. The number of ether oxygens (including phenoxy) is 1. The smallest absolute Gasteiger partial charge is 0.346 e. The maximum atomic E-state index is 11.8. The number of nitrogens with one attached hydrogen (secondary N) is 1. The Bertz CT molecular complexity index is 355. The average molecular weight is 268 g/mol. The number of hydrogen-bond acceptors (Lipinski definition) is 4. The van der Waals surface area contributed by atoms with Crippen LogP contribution in [-0.4, -0.2) is 28.8 Å². The molecule has 1 saturated heterocycles. The lowest BCUT2D eigenvalue weighted by Crippen LogP contribution is -2.64. The zero-order chi connectivity index (χ0) is 13.9. The molecule has 2 amide bonds. The van der Waals surface area contributed by atoms with Crippen molar-refractivity contribution < 1.29 is 9.53 Å². The standard InChI is InChI=1S/C13H24N4O2/c1-2-5-12(17(15)11(18)16-14)8-9-19-13(10-12)6-3-4-7-13/h2H,1,3-10,14-15H2,(H,16,18). The fourth-order valence-corrected chi connectivity index (χ4v) is 3.57. The first-order valence-corrected chi connectivity index (χ1v) is 6.88. The van der Waals surface area contributed by atoms with E-state index >= 15 is 0 Å². The van der Waals surface area contributed by atoms with Crippen LogP contribution in [0, 0.1) is 0 Å². The van der Waals surface area contributed by atoms with Crippen LogP contribution in [0.4, 0.5) is 4.79 Å². The SMILES string of the molecule is C=CCC1(N(N)C(=O)NN)CCOC2(CCCC2)C1. The zero-order valence-electron chi connectivity index (χ0n) is 11.4. The highest BCUT2D eigenvalue weighted by Gasteiger charge is 2.50. The summed E-state index contributed by atoms with van der Waals surface area (Å²) < 4.78 is 6.01. The number of carbonyl (C=O) groups excluding carboxylic acids is 1. The van der Waals surface area contributed by atoms with Crippen LogP contribution >= 0.6 is 0 Å². The van der Waals surface area contributed by atoms with Crippen molar-refractivity contribution in [1.29, 1.82) is 0 Å². The molecule has 108 valence electrons. The molecule has 1 aliphatic carbocycles. The Kier molecular flexibility index (Phi) is 4.13. The number of urea groups is 1. The summed E-state index contributed by atoms with van der Waals surface area (Å²) in [6.45, 7) is 4.42. The second-order valence-corrected chi connectivity index (χ2v) is 5.70. The van der Waals surface area contributed by atoms with Gasteiger partial charge in [0.2, 0.25) is 0 Å². The summed E-state index contributed by atoms with van der Waals surface area (Å²) in [7, 11) is 0. The van der Waals surface area contributed by atoms with Gasteiger partial charge in [-0.1, -0.05) is 18.9 Å².